The SMILES string of the molecule is Cc1cc(I)c(C(=O)CBr)c(C#N)c1. The van der Waals surface area contributed by atoms with Gasteiger partial charge < -0.3 is 0 Å². The van der Waals surface area contributed by atoms with E-state index in [4.69, 9.17) is 5.26 Å². The molecule has 0 aliphatic rings. The molecule has 0 spiro atoms. The van der Waals surface area contributed by atoms with Crippen molar-refractivity contribution in [2.45, 2.75) is 6.92 Å². The van der Waals surface area contributed by atoms with Crippen LogP contribution in [-0.4, -0.2) is 11.1 Å². The Kier molecular flexibility index (Phi) is 4.08. The Labute approximate surface area is 105 Å². The highest BCUT2D eigenvalue weighted by atomic mass is 127. The summed E-state index contributed by atoms with van der Waals surface area (Å²) in [6, 6.07) is 5.68. The minimum atomic E-state index is -0.0500. The summed E-state index contributed by atoms with van der Waals surface area (Å²) in [7, 11) is 0. The predicted octanol–water partition coefficient (Wildman–Crippen LogP) is 3.05. The molecule has 0 atom stereocenters. The van der Waals surface area contributed by atoms with Gasteiger partial charge in [-0.15, -0.1) is 0 Å². The third kappa shape index (κ3) is 2.34. The molecule has 0 amide bonds. The maximum atomic E-state index is 11.5. The lowest BCUT2D eigenvalue weighted by Crippen LogP contribution is -2.06. The Morgan fingerprint density at radius 2 is 2.29 bits per heavy atom. The van der Waals surface area contributed by atoms with E-state index in [9.17, 15) is 4.79 Å². The third-order valence-electron chi connectivity index (χ3n) is 1.76. The maximum absolute atomic E-state index is 11.5. The number of benzene rings is 1. The van der Waals surface area contributed by atoms with Gasteiger partial charge in [-0.3, -0.25) is 4.79 Å². The highest BCUT2D eigenvalue weighted by Gasteiger charge is 2.14. The normalized spacial score (nSPS) is 9.57. The van der Waals surface area contributed by atoms with Crippen LogP contribution in [0.25, 0.3) is 0 Å². The van der Waals surface area contributed by atoms with Crippen molar-refractivity contribution in [1.82, 2.24) is 0 Å². The number of alkyl halides is 1. The summed E-state index contributed by atoms with van der Waals surface area (Å²) in [6.07, 6.45) is 0. The number of carbonyl (C=O) groups excluding carboxylic acids is 1. The molecule has 0 saturated carbocycles. The van der Waals surface area contributed by atoms with Gasteiger partial charge in [-0.1, -0.05) is 15.9 Å². The van der Waals surface area contributed by atoms with E-state index in [2.05, 4.69) is 38.5 Å². The Morgan fingerprint density at radius 3 is 2.79 bits per heavy atom. The maximum Gasteiger partial charge on any atom is 0.175 e. The van der Waals surface area contributed by atoms with Crippen LogP contribution in [0.5, 0.6) is 0 Å². The number of nitrogens with zero attached hydrogens (tertiary/aromatic N) is 1. The second kappa shape index (κ2) is 4.89. The van der Waals surface area contributed by atoms with Crippen molar-refractivity contribution in [3.8, 4) is 6.07 Å². The molecule has 0 N–H and O–H groups in total. The summed E-state index contributed by atoms with van der Waals surface area (Å²) in [4.78, 5) is 11.5. The van der Waals surface area contributed by atoms with Gasteiger partial charge in [-0.25, -0.2) is 0 Å². The highest BCUT2D eigenvalue weighted by molar-refractivity contribution is 14.1. The first-order chi connectivity index (χ1) is 6.60. The first-order valence-corrected chi connectivity index (χ1v) is 6.09. The quantitative estimate of drug-likeness (QED) is 0.460. The van der Waals surface area contributed by atoms with E-state index in [0.717, 1.165) is 9.13 Å². The minimum absolute atomic E-state index is 0.0500. The molecule has 0 unspecified atom stereocenters. The summed E-state index contributed by atoms with van der Waals surface area (Å²) in [6.45, 7) is 1.91. The molecular weight excluding hydrogens is 357 g/mol. The Morgan fingerprint density at radius 1 is 1.64 bits per heavy atom. The molecule has 14 heavy (non-hydrogen) atoms. The van der Waals surface area contributed by atoms with E-state index < -0.39 is 0 Å². The summed E-state index contributed by atoms with van der Waals surface area (Å²) in [5.41, 5.74) is 1.98. The number of hydrogen-bond acceptors (Lipinski definition) is 2. The number of halogens is 2. The topological polar surface area (TPSA) is 40.9 Å². The number of hydrogen-bond donors (Lipinski definition) is 0. The van der Waals surface area contributed by atoms with Crippen LogP contribution < -0.4 is 0 Å². The van der Waals surface area contributed by atoms with E-state index >= 15 is 0 Å². The van der Waals surface area contributed by atoms with Crippen LogP contribution in [0.4, 0.5) is 0 Å². The van der Waals surface area contributed by atoms with E-state index in [1.807, 2.05) is 19.1 Å². The van der Waals surface area contributed by atoms with Crippen LogP contribution in [0.15, 0.2) is 12.1 Å². The average molecular weight is 364 g/mol. The predicted molar refractivity (Wildman–Crippen MR) is 66.7 cm³/mol. The van der Waals surface area contributed by atoms with Gasteiger partial charge >= 0.3 is 0 Å². The second-order valence-electron chi connectivity index (χ2n) is 2.84. The van der Waals surface area contributed by atoms with Crippen molar-refractivity contribution >= 4 is 44.3 Å². The molecule has 72 valence electrons. The Hall–Kier alpha value is -0.410. The van der Waals surface area contributed by atoms with Gasteiger partial charge in [0.25, 0.3) is 0 Å². The van der Waals surface area contributed by atoms with Crippen LogP contribution >= 0.6 is 38.5 Å². The number of carbonyl (C=O) groups is 1. The first-order valence-electron chi connectivity index (χ1n) is 3.89. The van der Waals surface area contributed by atoms with Crippen LogP contribution in [0.1, 0.15) is 21.5 Å². The molecule has 1 aromatic carbocycles. The Balaban J connectivity index is 3.42. The van der Waals surface area contributed by atoms with Crippen molar-refractivity contribution in [2.24, 2.45) is 0 Å². The van der Waals surface area contributed by atoms with Gasteiger partial charge in [-0.2, -0.15) is 5.26 Å². The van der Waals surface area contributed by atoms with Crippen molar-refractivity contribution < 1.29 is 4.79 Å². The van der Waals surface area contributed by atoms with Crippen molar-refractivity contribution in [3.63, 3.8) is 0 Å². The Bertz CT molecular complexity index is 423. The molecule has 1 rings (SSSR count). The van der Waals surface area contributed by atoms with Crippen molar-refractivity contribution in [1.29, 1.82) is 5.26 Å². The molecule has 0 saturated heterocycles. The van der Waals surface area contributed by atoms with Gasteiger partial charge in [0.05, 0.1) is 17.0 Å². The summed E-state index contributed by atoms with van der Waals surface area (Å²) in [5, 5.41) is 9.14. The lowest BCUT2D eigenvalue weighted by molar-refractivity contribution is 0.102. The molecule has 0 aliphatic heterocycles. The van der Waals surface area contributed by atoms with Crippen molar-refractivity contribution in [2.75, 3.05) is 5.33 Å². The molecule has 0 radical (unpaired) electrons. The zero-order valence-electron chi connectivity index (χ0n) is 7.47. The second-order valence-corrected chi connectivity index (χ2v) is 4.56. The monoisotopic (exact) mass is 363 g/mol. The molecule has 0 aliphatic carbocycles. The minimum Gasteiger partial charge on any atom is -0.293 e. The summed E-state index contributed by atoms with van der Waals surface area (Å²) >= 11 is 5.19. The van der Waals surface area contributed by atoms with E-state index in [-0.39, 0.29) is 11.1 Å². The van der Waals surface area contributed by atoms with E-state index in [1.165, 1.54) is 0 Å². The molecule has 1 aromatic rings. The molecular formula is C10H7BrINO. The molecule has 0 bridgehead atoms. The fourth-order valence-corrected chi connectivity index (χ4v) is 2.54. The van der Waals surface area contributed by atoms with E-state index in [0.29, 0.717) is 11.1 Å². The number of nitriles is 1. The fraction of sp³-hybridized carbons (Fsp3) is 0.200. The van der Waals surface area contributed by atoms with Crippen LogP contribution in [-0.2, 0) is 0 Å². The molecule has 2 nitrogen and oxygen atoms in total. The van der Waals surface area contributed by atoms with E-state index in [1.54, 1.807) is 6.07 Å². The van der Waals surface area contributed by atoms with Gasteiger partial charge in [-0.05, 0) is 47.2 Å². The third-order valence-corrected chi connectivity index (χ3v) is 3.12. The van der Waals surface area contributed by atoms with Crippen LogP contribution in [0, 0.1) is 21.8 Å². The van der Waals surface area contributed by atoms with Gasteiger partial charge in [0, 0.05) is 9.13 Å². The summed E-state index contributed by atoms with van der Waals surface area (Å²) in [5.74, 6) is -0.0500. The zero-order chi connectivity index (χ0) is 10.7. The number of aryl methyl sites for hydroxylation is 1. The summed E-state index contributed by atoms with van der Waals surface area (Å²) < 4.78 is 0.837. The molecule has 0 aromatic heterocycles. The molecule has 4 heteroatoms. The van der Waals surface area contributed by atoms with Gasteiger partial charge in [0.15, 0.2) is 5.78 Å². The van der Waals surface area contributed by atoms with Crippen LogP contribution in [0.3, 0.4) is 0 Å². The smallest absolute Gasteiger partial charge is 0.175 e. The van der Waals surface area contributed by atoms with Gasteiger partial charge in [0.1, 0.15) is 0 Å². The lowest BCUT2D eigenvalue weighted by atomic mass is 10.0. The first kappa shape index (κ1) is 11.7. The number of ketones is 1. The highest BCUT2D eigenvalue weighted by Crippen LogP contribution is 2.20. The fourth-order valence-electron chi connectivity index (χ4n) is 1.18. The molecule has 0 heterocycles. The number of rotatable bonds is 2. The lowest BCUT2D eigenvalue weighted by Gasteiger charge is -2.05. The standard InChI is InChI=1S/C10H7BrINO/c1-6-2-7(5-13)10(8(12)3-6)9(14)4-11/h2-3H,4H2,1H3. The average Bonchev–Trinajstić information content (AvgIpc) is 2.15. The van der Waals surface area contributed by atoms with Crippen LogP contribution in [0.2, 0.25) is 0 Å². The van der Waals surface area contributed by atoms with Crippen molar-refractivity contribution in [3.05, 3.63) is 32.4 Å². The zero-order valence-corrected chi connectivity index (χ0v) is 11.2. The number of Topliss-reactive ketones (excluding diaryl/α,β-unsaturated/α-hetero) is 1. The largest absolute Gasteiger partial charge is 0.293 e. The van der Waals surface area contributed by atoms with Gasteiger partial charge in [0.2, 0.25) is 0 Å². The molecule has 0 fully saturated rings.